The summed E-state index contributed by atoms with van der Waals surface area (Å²) in [4.78, 5) is 12.6. The van der Waals surface area contributed by atoms with E-state index in [2.05, 4.69) is 33.8 Å². The molecule has 0 aliphatic heterocycles. The molecular weight excluding hydrogens is 318 g/mol. The van der Waals surface area contributed by atoms with Gasteiger partial charge in [0.15, 0.2) is 10.9 Å². The molecule has 2 aliphatic carbocycles. The van der Waals surface area contributed by atoms with E-state index in [9.17, 15) is 4.79 Å². The molecule has 4 rings (SSSR count). The molecule has 2 aliphatic rings. The van der Waals surface area contributed by atoms with E-state index in [1.165, 1.54) is 48.6 Å². The number of rotatable bonds is 6. The molecule has 0 radical (unpaired) electrons. The van der Waals surface area contributed by atoms with E-state index >= 15 is 0 Å². The molecule has 2 aromatic rings. The van der Waals surface area contributed by atoms with Crippen LogP contribution in [-0.4, -0.2) is 26.3 Å². The van der Waals surface area contributed by atoms with E-state index in [-0.39, 0.29) is 5.78 Å². The highest BCUT2D eigenvalue weighted by molar-refractivity contribution is 7.99. The molecule has 1 heterocycles. The number of thioether (sulfide) groups is 1. The van der Waals surface area contributed by atoms with Crippen LogP contribution in [0.4, 0.5) is 0 Å². The number of ketones is 1. The van der Waals surface area contributed by atoms with Crippen molar-refractivity contribution in [2.75, 3.05) is 5.75 Å². The fourth-order valence-electron chi connectivity index (χ4n) is 3.47. The Balaban J connectivity index is 1.45. The third-order valence-corrected chi connectivity index (χ3v) is 5.97. The lowest BCUT2D eigenvalue weighted by Gasteiger charge is -2.16. The standard InChI is InChI=1S/C19H23N3OS/c1-2-22-18(14-8-9-14)20-21-19(22)24-12-17(23)16-10-7-13-5-3-4-6-15(13)11-16/h7,10-11,14H,2-6,8-9,12H2,1H3. The molecule has 1 saturated carbocycles. The smallest absolute Gasteiger partial charge is 0.191 e. The van der Waals surface area contributed by atoms with Gasteiger partial charge in [-0.15, -0.1) is 10.2 Å². The fourth-order valence-corrected chi connectivity index (χ4v) is 4.37. The topological polar surface area (TPSA) is 47.8 Å². The first-order chi connectivity index (χ1) is 11.8. The maximum atomic E-state index is 12.6. The molecular formula is C19H23N3OS. The summed E-state index contributed by atoms with van der Waals surface area (Å²) in [5.41, 5.74) is 3.63. The third kappa shape index (κ3) is 3.14. The maximum absolute atomic E-state index is 12.6. The molecule has 0 bridgehead atoms. The Kier molecular flexibility index (Phi) is 4.44. The van der Waals surface area contributed by atoms with Crippen molar-refractivity contribution in [1.82, 2.24) is 14.8 Å². The molecule has 4 nitrogen and oxygen atoms in total. The van der Waals surface area contributed by atoms with Crippen molar-refractivity contribution in [2.45, 2.75) is 63.1 Å². The van der Waals surface area contributed by atoms with Crippen LogP contribution in [0.15, 0.2) is 23.4 Å². The second-order valence-electron chi connectivity index (χ2n) is 6.76. The van der Waals surface area contributed by atoms with Crippen LogP contribution in [0.5, 0.6) is 0 Å². The van der Waals surface area contributed by atoms with Crippen LogP contribution < -0.4 is 0 Å². The van der Waals surface area contributed by atoms with Gasteiger partial charge in [0.1, 0.15) is 5.82 Å². The van der Waals surface area contributed by atoms with Gasteiger partial charge < -0.3 is 4.57 Å². The van der Waals surface area contributed by atoms with Gasteiger partial charge in [0.05, 0.1) is 5.75 Å². The van der Waals surface area contributed by atoms with Gasteiger partial charge in [-0.25, -0.2) is 0 Å². The second-order valence-corrected chi connectivity index (χ2v) is 7.70. The number of nitrogens with zero attached hydrogens (tertiary/aromatic N) is 3. The van der Waals surface area contributed by atoms with Gasteiger partial charge in [-0.1, -0.05) is 23.9 Å². The Morgan fingerprint density at radius 3 is 2.75 bits per heavy atom. The first-order valence-electron chi connectivity index (χ1n) is 8.97. The van der Waals surface area contributed by atoms with Gasteiger partial charge >= 0.3 is 0 Å². The number of hydrogen-bond donors (Lipinski definition) is 0. The van der Waals surface area contributed by atoms with Crippen LogP contribution in [0.2, 0.25) is 0 Å². The molecule has 0 atom stereocenters. The Bertz CT molecular complexity index is 764. The highest BCUT2D eigenvalue weighted by Gasteiger charge is 2.30. The minimum absolute atomic E-state index is 0.187. The van der Waals surface area contributed by atoms with E-state index in [1.54, 1.807) is 0 Å². The van der Waals surface area contributed by atoms with Crippen molar-refractivity contribution in [1.29, 1.82) is 0 Å². The zero-order valence-electron chi connectivity index (χ0n) is 14.1. The van der Waals surface area contributed by atoms with Crippen LogP contribution in [0.3, 0.4) is 0 Å². The van der Waals surface area contributed by atoms with Crippen LogP contribution in [0.25, 0.3) is 0 Å². The number of hydrogen-bond acceptors (Lipinski definition) is 4. The first-order valence-corrected chi connectivity index (χ1v) is 9.95. The van der Waals surface area contributed by atoms with Gasteiger partial charge in [-0.2, -0.15) is 0 Å². The SMILES string of the molecule is CCn1c(SCC(=O)c2ccc3c(c2)CCCC3)nnc1C1CC1. The highest BCUT2D eigenvalue weighted by atomic mass is 32.2. The van der Waals surface area contributed by atoms with Gasteiger partial charge in [0.2, 0.25) is 0 Å². The number of aromatic nitrogens is 3. The number of aryl methyl sites for hydroxylation is 2. The average molecular weight is 341 g/mol. The maximum Gasteiger partial charge on any atom is 0.191 e. The molecule has 0 N–H and O–H groups in total. The average Bonchev–Trinajstić information content (AvgIpc) is 3.39. The van der Waals surface area contributed by atoms with Crippen molar-refractivity contribution in [3.63, 3.8) is 0 Å². The molecule has 5 heteroatoms. The lowest BCUT2D eigenvalue weighted by atomic mass is 9.90. The normalized spacial score (nSPS) is 16.9. The Labute approximate surface area is 147 Å². The van der Waals surface area contributed by atoms with Crippen LogP contribution in [0, 0.1) is 0 Å². The van der Waals surface area contributed by atoms with E-state index in [4.69, 9.17) is 0 Å². The molecule has 0 amide bonds. The van der Waals surface area contributed by atoms with Crippen molar-refractivity contribution in [3.8, 4) is 0 Å². The predicted octanol–water partition coefficient (Wildman–Crippen LogP) is 4.03. The lowest BCUT2D eigenvalue weighted by molar-refractivity contribution is 0.102. The number of Topliss-reactive ketones (excluding diaryl/α,β-unsaturated/α-hetero) is 1. The van der Waals surface area contributed by atoms with Crippen molar-refractivity contribution in [2.24, 2.45) is 0 Å². The molecule has 0 saturated heterocycles. The van der Waals surface area contributed by atoms with Crippen molar-refractivity contribution < 1.29 is 4.79 Å². The van der Waals surface area contributed by atoms with Gasteiger partial charge in [-0.05, 0) is 62.6 Å². The summed E-state index contributed by atoms with van der Waals surface area (Å²) in [6.07, 6.45) is 7.21. The Morgan fingerprint density at radius 2 is 2.00 bits per heavy atom. The van der Waals surface area contributed by atoms with Gasteiger partial charge in [-0.3, -0.25) is 4.79 Å². The summed E-state index contributed by atoms with van der Waals surface area (Å²) >= 11 is 1.52. The lowest BCUT2D eigenvalue weighted by Crippen LogP contribution is -2.08. The van der Waals surface area contributed by atoms with Crippen molar-refractivity contribution in [3.05, 3.63) is 40.7 Å². The summed E-state index contributed by atoms with van der Waals surface area (Å²) in [6.45, 7) is 2.98. The van der Waals surface area contributed by atoms with Crippen molar-refractivity contribution >= 4 is 17.5 Å². The molecule has 1 fully saturated rings. The molecule has 1 aromatic heterocycles. The summed E-state index contributed by atoms with van der Waals surface area (Å²) in [5, 5.41) is 9.53. The van der Waals surface area contributed by atoms with Gasteiger partial charge in [0, 0.05) is 18.0 Å². The molecule has 1 aromatic carbocycles. The van der Waals surface area contributed by atoms with E-state index < -0.39 is 0 Å². The molecule has 24 heavy (non-hydrogen) atoms. The number of fused-ring (bicyclic) bond motifs is 1. The fraction of sp³-hybridized carbons (Fsp3) is 0.526. The Hall–Kier alpha value is -1.62. The summed E-state index contributed by atoms with van der Waals surface area (Å²) < 4.78 is 2.17. The summed E-state index contributed by atoms with van der Waals surface area (Å²) in [6, 6.07) is 6.25. The number of benzene rings is 1. The number of carbonyl (C=O) groups is 1. The van der Waals surface area contributed by atoms with Crippen LogP contribution in [-0.2, 0) is 19.4 Å². The van der Waals surface area contributed by atoms with E-state index in [0.29, 0.717) is 11.7 Å². The van der Waals surface area contributed by atoms with E-state index in [0.717, 1.165) is 35.9 Å². The number of carbonyl (C=O) groups excluding carboxylic acids is 1. The first kappa shape index (κ1) is 15.9. The monoisotopic (exact) mass is 341 g/mol. The quantitative estimate of drug-likeness (QED) is 0.588. The predicted molar refractivity (Wildman–Crippen MR) is 95.8 cm³/mol. The summed E-state index contributed by atoms with van der Waals surface area (Å²) in [5.74, 6) is 2.30. The van der Waals surface area contributed by atoms with E-state index in [1.807, 2.05) is 6.07 Å². The molecule has 0 unspecified atom stereocenters. The van der Waals surface area contributed by atoms with Crippen LogP contribution >= 0.6 is 11.8 Å². The summed E-state index contributed by atoms with van der Waals surface area (Å²) in [7, 11) is 0. The largest absolute Gasteiger partial charge is 0.306 e. The van der Waals surface area contributed by atoms with Gasteiger partial charge in [0.25, 0.3) is 0 Å². The zero-order valence-corrected chi connectivity index (χ0v) is 14.9. The van der Waals surface area contributed by atoms with Crippen LogP contribution in [0.1, 0.15) is 65.8 Å². The molecule has 0 spiro atoms. The minimum Gasteiger partial charge on any atom is -0.306 e. The zero-order chi connectivity index (χ0) is 16.5. The highest BCUT2D eigenvalue weighted by Crippen LogP contribution is 2.40. The Morgan fingerprint density at radius 1 is 1.21 bits per heavy atom. The minimum atomic E-state index is 0.187. The molecule has 126 valence electrons. The second kappa shape index (κ2) is 6.71. The third-order valence-electron chi connectivity index (χ3n) is 5.01.